The zero-order valence-corrected chi connectivity index (χ0v) is 10.9. The topological polar surface area (TPSA) is 67.2 Å². The molecule has 100 valence electrons. The van der Waals surface area contributed by atoms with Gasteiger partial charge in [0.2, 0.25) is 0 Å². The molecule has 1 aromatic carbocycles. The first-order chi connectivity index (χ1) is 9.08. The van der Waals surface area contributed by atoms with Crippen LogP contribution in [0, 0.1) is 0 Å². The second-order valence-corrected chi connectivity index (χ2v) is 4.51. The molecular weight excluding hydrogens is 242 g/mol. The summed E-state index contributed by atoms with van der Waals surface area (Å²) < 4.78 is 1.92. The summed E-state index contributed by atoms with van der Waals surface area (Å²) in [7, 11) is 0. The van der Waals surface area contributed by atoms with Crippen molar-refractivity contribution in [3.63, 3.8) is 0 Å². The second-order valence-electron chi connectivity index (χ2n) is 4.51. The zero-order chi connectivity index (χ0) is 13.8. The van der Waals surface area contributed by atoms with Crippen LogP contribution in [0.1, 0.15) is 25.5 Å². The van der Waals surface area contributed by atoms with E-state index in [9.17, 15) is 4.79 Å². The third kappa shape index (κ3) is 3.20. The van der Waals surface area contributed by atoms with Gasteiger partial charge >= 0.3 is 5.97 Å². The van der Waals surface area contributed by atoms with Crippen LogP contribution in [0.4, 0.5) is 0 Å². The maximum absolute atomic E-state index is 10.8. The SMILES string of the molecule is CC(NC(C)c1ccc(-n2ccnc2)cc1)C(=O)O. The van der Waals surface area contributed by atoms with Crippen LogP contribution in [0.2, 0.25) is 0 Å². The van der Waals surface area contributed by atoms with Crippen molar-refractivity contribution in [1.82, 2.24) is 14.9 Å². The summed E-state index contributed by atoms with van der Waals surface area (Å²) >= 11 is 0. The summed E-state index contributed by atoms with van der Waals surface area (Å²) in [6, 6.07) is 7.37. The average molecular weight is 259 g/mol. The Labute approximate surface area is 111 Å². The molecule has 0 amide bonds. The number of nitrogens with zero attached hydrogens (tertiary/aromatic N) is 2. The fourth-order valence-electron chi connectivity index (χ4n) is 1.89. The molecule has 0 bridgehead atoms. The minimum absolute atomic E-state index is 0.0112. The van der Waals surface area contributed by atoms with Gasteiger partial charge in [0.25, 0.3) is 0 Å². The molecule has 0 spiro atoms. The largest absolute Gasteiger partial charge is 0.480 e. The molecule has 19 heavy (non-hydrogen) atoms. The molecule has 1 aromatic heterocycles. The Morgan fingerprint density at radius 2 is 2.00 bits per heavy atom. The van der Waals surface area contributed by atoms with Crippen LogP contribution in [0.25, 0.3) is 5.69 Å². The van der Waals surface area contributed by atoms with Crippen LogP contribution >= 0.6 is 0 Å². The van der Waals surface area contributed by atoms with Crippen LogP contribution in [-0.2, 0) is 4.79 Å². The van der Waals surface area contributed by atoms with Crippen molar-refractivity contribution in [2.45, 2.75) is 25.9 Å². The number of nitrogens with one attached hydrogen (secondary N) is 1. The molecule has 1 heterocycles. The van der Waals surface area contributed by atoms with Gasteiger partial charge in [0.15, 0.2) is 0 Å². The van der Waals surface area contributed by atoms with E-state index in [0.717, 1.165) is 11.3 Å². The minimum Gasteiger partial charge on any atom is -0.480 e. The predicted molar refractivity (Wildman–Crippen MR) is 72.2 cm³/mol. The highest BCUT2D eigenvalue weighted by molar-refractivity contribution is 5.72. The van der Waals surface area contributed by atoms with Crippen molar-refractivity contribution >= 4 is 5.97 Å². The number of benzene rings is 1. The molecular formula is C14H17N3O2. The molecule has 0 saturated carbocycles. The van der Waals surface area contributed by atoms with Gasteiger partial charge in [-0.2, -0.15) is 0 Å². The molecule has 0 radical (unpaired) electrons. The normalized spacial score (nSPS) is 14.0. The Morgan fingerprint density at radius 1 is 1.32 bits per heavy atom. The van der Waals surface area contributed by atoms with E-state index in [1.807, 2.05) is 42.0 Å². The summed E-state index contributed by atoms with van der Waals surface area (Å²) in [4.78, 5) is 14.8. The van der Waals surface area contributed by atoms with E-state index in [1.54, 1.807) is 19.4 Å². The molecule has 2 N–H and O–H groups in total. The number of hydrogen-bond donors (Lipinski definition) is 2. The summed E-state index contributed by atoms with van der Waals surface area (Å²) in [5, 5.41) is 11.9. The first-order valence-corrected chi connectivity index (χ1v) is 6.15. The van der Waals surface area contributed by atoms with Crippen LogP contribution in [0.5, 0.6) is 0 Å². The highest BCUT2D eigenvalue weighted by atomic mass is 16.4. The summed E-state index contributed by atoms with van der Waals surface area (Å²) in [5.41, 5.74) is 2.08. The highest BCUT2D eigenvalue weighted by Gasteiger charge is 2.14. The average Bonchev–Trinajstić information content (AvgIpc) is 2.92. The molecule has 0 aliphatic heterocycles. The summed E-state index contributed by atoms with van der Waals surface area (Å²) in [6.07, 6.45) is 5.35. The van der Waals surface area contributed by atoms with E-state index < -0.39 is 12.0 Å². The standard InChI is InChI=1S/C14H17N3O2/c1-10(16-11(2)14(18)19)12-3-5-13(6-4-12)17-8-7-15-9-17/h3-11,16H,1-2H3,(H,18,19). The van der Waals surface area contributed by atoms with Gasteiger partial charge in [0.1, 0.15) is 6.04 Å². The number of aliphatic carboxylic acids is 1. The Morgan fingerprint density at radius 3 is 2.53 bits per heavy atom. The molecule has 0 saturated heterocycles. The Hall–Kier alpha value is -2.14. The predicted octanol–water partition coefficient (Wildman–Crippen LogP) is 2.00. The quantitative estimate of drug-likeness (QED) is 0.861. The van der Waals surface area contributed by atoms with Crippen LogP contribution < -0.4 is 5.32 Å². The molecule has 0 aliphatic rings. The molecule has 2 rings (SSSR count). The number of aromatic nitrogens is 2. The summed E-state index contributed by atoms with van der Waals surface area (Å²) in [6.45, 7) is 3.59. The van der Waals surface area contributed by atoms with E-state index in [0.29, 0.717) is 0 Å². The van der Waals surface area contributed by atoms with E-state index >= 15 is 0 Å². The number of hydrogen-bond acceptors (Lipinski definition) is 3. The maximum atomic E-state index is 10.8. The summed E-state index contributed by atoms with van der Waals surface area (Å²) in [5.74, 6) is -0.845. The fourth-order valence-corrected chi connectivity index (χ4v) is 1.89. The van der Waals surface area contributed by atoms with Crippen LogP contribution in [0.3, 0.4) is 0 Å². The van der Waals surface area contributed by atoms with Gasteiger partial charge in [0.05, 0.1) is 6.33 Å². The van der Waals surface area contributed by atoms with E-state index in [-0.39, 0.29) is 6.04 Å². The molecule has 2 atom stereocenters. The van der Waals surface area contributed by atoms with Crippen LogP contribution in [-0.4, -0.2) is 26.7 Å². The van der Waals surface area contributed by atoms with Crippen molar-refractivity contribution in [1.29, 1.82) is 0 Å². The number of carbonyl (C=O) groups is 1. The number of carboxylic acids is 1. The zero-order valence-electron chi connectivity index (χ0n) is 10.9. The molecule has 0 fully saturated rings. The Kier molecular flexibility index (Phi) is 3.97. The Bertz CT molecular complexity index is 534. The van der Waals surface area contributed by atoms with Gasteiger partial charge < -0.3 is 9.67 Å². The van der Waals surface area contributed by atoms with Gasteiger partial charge in [-0.1, -0.05) is 12.1 Å². The van der Waals surface area contributed by atoms with Crippen molar-refractivity contribution < 1.29 is 9.90 Å². The first-order valence-electron chi connectivity index (χ1n) is 6.15. The molecule has 2 aromatic rings. The maximum Gasteiger partial charge on any atom is 0.320 e. The monoisotopic (exact) mass is 259 g/mol. The lowest BCUT2D eigenvalue weighted by atomic mass is 10.1. The van der Waals surface area contributed by atoms with Gasteiger partial charge in [-0.25, -0.2) is 4.98 Å². The third-order valence-corrected chi connectivity index (χ3v) is 3.07. The van der Waals surface area contributed by atoms with Gasteiger partial charge in [-0.05, 0) is 31.5 Å². The highest BCUT2D eigenvalue weighted by Crippen LogP contribution is 2.16. The van der Waals surface area contributed by atoms with Crippen molar-refractivity contribution in [2.24, 2.45) is 0 Å². The molecule has 0 aliphatic carbocycles. The van der Waals surface area contributed by atoms with Gasteiger partial charge in [-0.3, -0.25) is 10.1 Å². The Balaban J connectivity index is 2.08. The fraction of sp³-hybridized carbons (Fsp3) is 0.286. The van der Waals surface area contributed by atoms with E-state index in [4.69, 9.17) is 5.11 Å². The molecule has 2 unspecified atom stereocenters. The second kappa shape index (κ2) is 5.67. The van der Waals surface area contributed by atoms with Crippen LogP contribution in [0.15, 0.2) is 43.0 Å². The van der Waals surface area contributed by atoms with Gasteiger partial charge in [-0.15, -0.1) is 0 Å². The lowest BCUT2D eigenvalue weighted by molar-refractivity contribution is -0.139. The van der Waals surface area contributed by atoms with Crippen molar-refractivity contribution in [2.75, 3.05) is 0 Å². The van der Waals surface area contributed by atoms with Gasteiger partial charge in [0, 0.05) is 24.1 Å². The number of carboxylic acid groups (broad SMARTS) is 1. The molecule has 5 nitrogen and oxygen atoms in total. The lowest BCUT2D eigenvalue weighted by Crippen LogP contribution is -2.35. The van der Waals surface area contributed by atoms with Crippen molar-refractivity contribution in [3.05, 3.63) is 48.5 Å². The molecule has 5 heteroatoms. The number of rotatable bonds is 5. The van der Waals surface area contributed by atoms with E-state index in [1.165, 1.54) is 0 Å². The number of imidazole rings is 1. The van der Waals surface area contributed by atoms with Crippen molar-refractivity contribution in [3.8, 4) is 5.69 Å². The smallest absolute Gasteiger partial charge is 0.320 e. The van der Waals surface area contributed by atoms with E-state index in [2.05, 4.69) is 10.3 Å². The minimum atomic E-state index is -0.845. The lowest BCUT2D eigenvalue weighted by Gasteiger charge is -2.17. The third-order valence-electron chi connectivity index (χ3n) is 3.07. The first kappa shape index (κ1) is 13.3.